The van der Waals surface area contributed by atoms with E-state index >= 15 is 0 Å². The molecule has 0 fully saturated rings. The van der Waals surface area contributed by atoms with Crippen molar-refractivity contribution >= 4 is 23.5 Å². The molecule has 0 aliphatic carbocycles. The van der Waals surface area contributed by atoms with E-state index in [1.165, 1.54) is 11.6 Å². The van der Waals surface area contributed by atoms with Crippen LogP contribution in [0.2, 0.25) is 0 Å². The van der Waals surface area contributed by atoms with E-state index in [1.807, 2.05) is 24.3 Å². The lowest BCUT2D eigenvalue weighted by molar-refractivity contribution is -0.148. The van der Waals surface area contributed by atoms with E-state index < -0.39 is 42.6 Å². The molecule has 2 aromatic rings. The Hall–Kier alpha value is -3.29. The summed E-state index contributed by atoms with van der Waals surface area (Å²) < 4.78 is 30.8. The summed E-state index contributed by atoms with van der Waals surface area (Å²) in [5.74, 6) is -3.93. The number of halogens is 2. The third-order valence-corrected chi connectivity index (χ3v) is 4.06. The molecule has 2 N–H and O–H groups in total. The van der Waals surface area contributed by atoms with Gasteiger partial charge in [-0.2, -0.15) is 0 Å². The summed E-state index contributed by atoms with van der Waals surface area (Å²) in [6, 6.07) is 10.8. The van der Waals surface area contributed by atoms with E-state index in [4.69, 9.17) is 4.74 Å². The number of hydrogen-bond donors (Lipinski definition) is 2. The van der Waals surface area contributed by atoms with Crippen LogP contribution in [0.5, 0.6) is 0 Å². The second-order valence-corrected chi connectivity index (χ2v) is 6.28. The molecule has 0 aromatic heterocycles. The van der Waals surface area contributed by atoms with Gasteiger partial charge in [-0.3, -0.25) is 14.4 Å². The zero-order valence-electron chi connectivity index (χ0n) is 16.0. The summed E-state index contributed by atoms with van der Waals surface area (Å²) in [5.41, 5.74) is 2.26. The molecule has 0 atom stereocenters. The normalized spacial score (nSPS) is 10.3. The number of carbonyl (C=O) groups is 3. The van der Waals surface area contributed by atoms with Crippen LogP contribution in [-0.4, -0.2) is 30.9 Å². The van der Waals surface area contributed by atoms with Gasteiger partial charge in [-0.25, -0.2) is 8.78 Å². The zero-order valence-corrected chi connectivity index (χ0v) is 16.0. The van der Waals surface area contributed by atoms with Gasteiger partial charge in [0.25, 0.3) is 5.91 Å². The molecule has 0 aliphatic rings. The van der Waals surface area contributed by atoms with Gasteiger partial charge in [-0.1, -0.05) is 31.2 Å². The number of rotatable bonds is 9. The lowest BCUT2D eigenvalue weighted by Crippen LogP contribution is -2.35. The van der Waals surface area contributed by atoms with E-state index in [2.05, 4.69) is 17.6 Å². The Morgan fingerprint density at radius 3 is 2.28 bits per heavy atom. The smallest absolute Gasteiger partial charge is 0.306 e. The van der Waals surface area contributed by atoms with Crippen molar-refractivity contribution in [2.45, 2.75) is 26.2 Å². The molecular weight excluding hydrogens is 382 g/mol. The van der Waals surface area contributed by atoms with E-state index in [0.717, 1.165) is 24.1 Å². The Balaban J connectivity index is 1.64. The van der Waals surface area contributed by atoms with Gasteiger partial charge in [0.15, 0.2) is 18.2 Å². The van der Waals surface area contributed by atoms with Crippen LogP contribution in [-0.2, 0) is 32.0 Å². The summed E-state index contributed by atoms with van der Waals surface area (Å²) in [7, 11) is 0. The van der Waals surface area contributed by atoms with Crippen molar-refractivity contribution in [1.29, 1.82) is 0 Å². The van der Waals surface area contributed by atoms with Crippen LogP contribution in [0.3, 0.4) is 0 Å². The van der Waals surface area contributed by atoms with E-state index in [-0.39, 0.29) is 12.1 Å². The van der Waals surface area contributed by atoms with Crippen molar-refractivity contribution in [3.05, 3.63) is 65.2 Å². The third kappa shape index (κ3) is 7.69. The Morgan fingerprint density at radius 1 is 0.931 bits per heavy atom. The Bertz CT molecular complexity index is 869. The van der Waals surface area contributed by atoms with E-state index in [1.54, 1.807) is 0 Å². The number of aryl methyl sites for hydroxylation is 2. The summed E-state index contributed by atoms with van der Waals surface area (Å²) in [5, 5.41) is 4.58. The lowest BCUT2D eigenvalue weighted by atomic mass is 10.1. The number of ether oxygens (including phenoxy) is 1. The van der Waals surface area contributed by atoms with Gasteiger partial charge < -0.3 is 15.4 Å². The monoisotopic (exact) mass is 404 g/mol. The fraction of sp³-hybridized carbons (Fsp3) is 0.286. The lowest BCUT2D eigenvalue weighted by Gasteiger charge is -2.08. The number of hydrogen-bond acceptors (Lipinski definition) is 4. The minimum atomic E-state index is -1.10. The third-order valence-electron chi connectivity index (χ3n) is 4.06. The number of nitrogens with one attached hydrogen (secondary N) is 2. The minimum absolute atomic E-state index is 0.0570. The predicted octanol–water partition coefficient (Wildman–Crippen LogP) is 2.76. The summed E-state index contributed by atoms with van der Waals surface area (Å²) >= 11 is 0. The van der Waals surface area contributed by atoms with Gasteiger partial charge in [0.2, 0.25) is 5.91 Å². The van der Waals surface area contributed by atoms with Crippen molar-refractivity contribution in [3.63, 3.8) is 0 Å². The highest BCUT2D eigenvalue weighted by Gasteiger charge is 2.11. The molecule has 2 aromatic carbocycles. The molecule has 0 heterocycles. The Morgan fingerprint density at radius 2 is 1.62 bits per heavy atom. The summed E-state index contributed by atoms with van der Waals surface area (Å²) in [6.45, 7) is 1.15. The Kier molecular flexibility index (Phi) is 8.27. The fourth-order valence-corrected chi connectivity index (χ4v) is 2.42. The molecule has 8 heteroatoms. The van der Waals surface area contributed by atoms with Gasteiger partial charge in [0, 0.05) is 18.2 Å². The molecule has 0 bridgehead atoms. The molecule has 0 radical (unpaired) electrons. The molecule has 2 rings (SSSR count). The topological polar surface area (TPSA) is 84.5 Å². The van der Waals surface area contributed by atoms with Crippen molar-refractivity contribution < 1.29 is 27.9 Å². The molecular formula is C21H22F2N2O4. The summed E-state index contributed by atoms with van der Waals surface area (Å²) in [6.07, 6.45) is 1.58. The van der Waals surface area contributed by atoms with Gasteiger partial charge >= 0.3 is 5.97 Å². The molecule has 0 spiro atoms. The minimum Gasteiger partial charge on any atom is -0.456 e. The molecule has 6 nitrogen and oxygen atoms in total. The predicted molar refractivity (Wildman–Crippen MR) is 103 cm³/mol. The molecule has 0 unspecified atom stereocenters. The first-order valence-corrected chi connectivity index (χ1v) is 9.12. The van der Waals surface area contributed by atoms with Crippen LogP contribution in [0.4, 0.5) is 14.5 Å². The molecule has 0 saturated heterocycles. The average Bonchev–Trinajstić information content (AvgIpc) is 2.72. The average molecular weight is 404 g/mol. The second kappa shape index (κ2) is 10.9. The van der Waals surface area contributed by atoms with Gasteiger partial charge in [0.1, 0.15) is 0 Å². The number of benzene rings is 2. The zero-order chi connectivity index (χ0) is 21.2. The van der Waals surface area contributed by atoms with Gasteiger partial charge in [-0.05, 0) is 36.1 Å². The largest absolute Gasteiger partial charge is 0.456 e. The standard InChI is InChI=1S/C21H22F2N2O4/c1-2-14-3-5-15(6-4-14)7-10-21(28)29-13-20(27)24-12-19(26)25-16-8-9-17(22)18(23)11-16/h3-6,8-9,11H,2,7,10,12-13H2,1H3,(H,24,27)(H,25,26). The van der Waals surface area contributed by atoms with Crippen LogP contribution in [0.1, 0.15) is 24.5 Å². The van der Waals surface area contributed by atoms with Gasteiger partial charge in [-0.15, -0.1) is 0 Å². The van der Waals surface area contributed by atoms with Crippen LogP contribution in [0.15, 0.2) is 42.5 Å². The van der Waals surface area contributed by atoms with Crippen molar-refractivity contribution in [2.24, 2.45) is 0 Å². The van der Waals surface area contributed by atoms with Gasteiger partial charge in [0.05, 0.1) is 6.54 Å². The first-order chi connectivity index (χ1) is 13.9. The highest BCUT2D eigenvalue weighted by molar-refractivity contribution is 5.94. The molecule has 29 heavy (non-hydrogen) atoms. The second-order valence-electron chi connectivity index (χ2n) is 6.28. The highest BCUT2D eigenvalue weighted by atomic mass is 19.2. The highest BCUT2D eigenvalue weighted by Crippen LogP contribution is 2.12. The van der Waals surface area contributed by atoms with Crippen molar-refractivity contribution in [1.82, 2.24) is 5.32 Å². The molecule has 0 saturated carbocycles. The van der Waals surface area contributed by atoms with Crippen LogP contribution in [0, 0.1) is 11.6 Å². The van der Waals surface area contributed by atoms with E-state index in [9.17, 15) is 23.2 Å². The molecule has 0 aliphatic heterocycles. The van der Waals surface area contributed by atoms with Crippen molar-refractivity contribution in [3.8, 4) is 0 Å². The first-order valence-electron chi connectivity index (χ1n) is 9.12. The first kappa shape index (κ1) is 22.0. The molecule has 2 amide bonds. The SMILES string of the molecule is CCc1ccc(CCC(=O)OCC(=O)NCC(=O)Nc2ccc(F)c(F)c2)cc1. The van der Waals surface area contributed by atoms with Crippen molar-refractivity contribution in [2.75, 3.05) is 18.5 Å². The number of carbonyl (C=O) groups excluding carboxylic acids is 3. The summed E-state index contributed by atoms with van der Waals surface area (Å²) in [4.78, 5) is 35.1. The fourth-order valence-electron chi connectivity index (χ4n) is 2.42. The maximum Gasteiger partial charge on any atom is 0.306 e. The van der Waals surface area contributed by atoms with Crippen LogP contribution < -0.4 is 10.6 Å². The molecule has 154 valence electrons. The van der Waals surface area contributed by atoms with Crippen LogP contribution in [0.25, 0.3) is 0 Å². The number of anilines is 1. The maximum atomic E-state index is 13.1. The maximum absolute atomic E-state index is 13.1. The quantitative estimate of drug-likeness (QED) is 0.630. The number of esters is 1. The number of amides is 2. The van der Waals surface area contributed by atoms with E-state index in [0.29, 0.717) is 6.42 Å². The Labute approximate surface area is 167 Å². The van der Waals surface area contributed by atoms with Crippen LogP contribution >= 0.6 is 0 Å².